The van der Waals surface area contributed by atoms with Gasteiger partial charge in [0.25, 0.3) is 0 Å². The van der Waals surface area contributed by atoms with E-state index in [0.717, 1.165) is 12.5 Å². The fourth-order valence-electron chi connectivity index (χ4n) is 3.34. The Labute approximate surface area is 110 Å². The molecule has 0 aromatic carbocycles. The van der Waals surface area contributed by atoms with Crippen LogP contribution in [0.2, 0.25) is 0 Å². The lowest BCUT2D eigenvalue weighted by molar-refractivity contribution is 0.302. The molecule has 98 valence electrons. The highest BCUT2D eigenvalue weighted by atomic mass is 16.5. The first-order valence-electron chi connectivity index (χ1n) is 6.75. The number of rotatable bonds is 2. The summed E-state index contributed by atoms with van der Waals surface area (Å²) in [7, 11) is 0. The minimum Gasteiger partial charge on any atom is -0.337 e. The summed E-state index contributed by atoms with van der Waals surface area (Å²) in [6, 6.07) is 0.213. The van der Waals surface area contributed by atoms with E-state index >= 15 is 0 Å². The standard InChI is InChI=1S/C13H15N5O/c1-2-8-6-16-11(9(8)3-1)13-17-12(18-19-13)10-7-14-4-5-15-10/h4-5,7-9,11,16H,1-3,6H2. The van der Waals surface area contributed by atoms with Crippen LogP contribution in [-0.4, -0.2) is 26.7 Å². The van der Waals surface area contributed by atoms with Gasteiger partial charge in [-0.15, -0.1) is 0 Å². The molecule has 3 atom stereocenters. The number of fused-ring (bicyclic) bond motifs is 1. The predicted molar refractivity (Wildman–Crippen MR) is 66.9 cm³/mol. The van der Waals surface area contributed by atoms with Crippen molar-refractivity contribution in [1.82, 2.24) is 25.4 Å². The summed E-state index contributed by atoms with van der Waals surface area (Å²) in [5.41, 5.74) is 0.651. The summed E-state index contributed by atoms with van der Waals surface area (Å²) in [5.74, 6) is 2.63. The molecule has 1 aliphatic carbocycles. The summed E-state index contributed by atoms with van der Waals surface area (Å²) >= 11 is 0. The van der Waals surface area contributed by atoms with E-state index < -0.39 is 0 Å². The third kappa shape index (κ3) is 1.83. The number of hydrogen-bond acceptors (Lipinski definition) is 6. The van der Waals surface area contributed by atoms with E-state index in [0.29, 0.717) is 23.3 Å². The van der Waals surface area contributed by atoms with Gasteiger partial charge >= 0.3 is 0 Å². The molecule has 4 rings (SSSR count). The maximum atomic E-state index is 5.42. The van der Waals surface area contributed by atoms with Crippen LogP contribution in [-0.2, 0) is 0 Å². The number of nitrogens with zero attached hydrogens (tertiary/aromatic N) is 4. The fourth-order valence-corrected chi connectivity index (χ4v) is 3.34. The third-order valence-electron chi connectivity index (χ3n) is 4.25. The van der Waals surface area contributed by atoms with Crippen LogP contribution in [0.3, 0.4) is 0 Å². The minimum atomic E-state index is 0.213. The van der Waals surface area contributed by atoms with Crippen molar-refractivity contribution in [2.24, 2.45) is 11.8 Å². The lowest BCUT2D eigenvalue weighted by Gasteiger charge is -2.13. The second-order valence-corrected chi connectivity index (χ2v) is 5.29. The molecule has 6 nitrogen and oxygen atoms in total. The molecule has 0 bridgehead atoms. The van der Waals surface area contributed by atoms with Gasteiger partial charge in [0.2, 0.25) is 11.7 Å². The second kappa shape index (κ2) is 4.38. The summed E-state index contributed by atoms with van der Waals surface area (Å²) in [6.45, 7) is 1.07. The van der Waals surface area contributed by atoms with E-state index in [1.54, 1.807) is 18.6 Å². The molecule has 6 heteroatoms. The molecule has 1 saturated carbocycles. The lowest BCUT2D eigenvalue weighted by Crippen LogP contribution is -2.18. The highest BCUT2D eigenvalue weighted by Crippen LogP contribution is 2.43. The van der Waals surface area contributed by atoms with E-state index in [-0.39, 0.29) is 6.04 Å². The van der Waals surface area contributed by atoms with E-state index in [1.165, 1.54) is 19.3 Å². The molecule has 2 aliphatic rings. The Morgan fingerprint density at radius 3 is 3.16 bits per heavy atom. The summed E-state index contributed by atoms with van der Waals surface area (Å²) in [6.07, 6.45) is 8.80. The Morgan fingerprint density at radius 1 is 1.26 bits per heavy atom. The highest BCUT2D eigenvalue weighted by molar-refractivity contribution is 5.45. The van der Waals surface area contributed by atoms with E-state index in [2.05, 4.69) is 25.4 Å². The quantitative estimate of drug-likeness (QED) is 0.880. The molecular weight excluding hydrogens is 242 g/mol. The predicted octanol–water partition coefficient (Wildman–Crippen LogP) is 1.59. The van der Waals surface area contributed by atoms with Crippen LogP contribution in [0, 0.1) is 11.8 Å². The Balaban J connectivity index is 1.62. The molecule has 3 heterocycles. The third-order valence-corrected chi connectivity index (χ3v) is 4.25. The molecule has 2 aromatic heterocycles. The fraction of sp³-hybridized carbons (Fsp3) is 0.538. The molecule has 1 aliphatic heterocycles. The van der Waals surface area contributed by atoms with Crippen molar-refractivity contribution in [3.05, 3.63) is 24.5 Å². The van der Waals surface area contributed by atoms with Crippen LogP contribution >= 0.6 is 0 Å². The molecule has 1 saturated heterocycles. The van der Waals surface area contributed by atoms with Crippen LogP contribution < -0.4 is 5.32 Å². The Morgan fingerprint density at radius 2 is 2.26 bits per heavy atom. The van der Waals surface area contributed by atoms with Crippen molar-refractivity contribution in [2.75, 3.05) is 6.54 Å². The Hall–Kier alpha value is -1.82. The summed E-state index contributed by atoms with van der Waals surface area (Å²) < 4.78 is 5.42. The molecule has 0 spiro atoms. The largest absolute Gasteiger partial charge is 0.337 e. The lowest BCUT2D eigenvalue weighted by atomic mass is 9.94. The van der Waals surface area contributed by atoms with E-state index in [9.17, 15) is 0 Å². The molecule has 0 radical (unpaired) electrons. The average Bonchev–Trinajstić information content (AvgIpc) is 3.15. The number of nitrogens with one attached hydrogen (secondary N) is 1. The minimum absolute atomic E-state index is 0.213. The second-order valence-electron chi connectivity index (χ2n) is 5.29. The molecule has 2 aromatic rings. The zero-order valence-electron chi connectivity index (χ0n) is 10.5. The molecule has 19 heavy (non-hydrogen) atoms. The van der Waals surface area contributed by atoms with Crippen LogP contribution in [0.25, 0.3) is 11.5 Å². The summed E-state index contributed by atoms with van der Waals surface area (Å²) in [4.78, 5) is 12.7. The average molecular weight is 257 g/mol. The van der Waals surface area contributed by atoms with Crippen molar-refractivity contribution >= 4 is 0 Å². The van der Waals surface area contributed by atoms with Gasteiger partial charge in [0, 0.05) is 12.4 Å². The SMILES string of the molecule is c1cnc(-c2noc(C3NCC4CCCC43)n2)cn1. The van der Waals surface area contributed by atoms with Crippen molar-refractivity contribution in [1.29, 1.82) is 0 Å². The Bertz CT molecular complexity index is 569. The van der Waals surface area contributed by atoms with Gasteiger partial charge in [0.1, 0.15) is 5.69 Å². The normalized spacial score (nSPS) is 29.6. The van der Waals surface area contributed by atoms with Crippen molar-refractivity contribution in [3.63, 3.8) is 0 Å². The molecule has 3 unspecified atom stereocenters. The van der Waals surface area contributed by atoms with Crippen LogP contribution in [0.4, 0.5) is 0 Å². The van der Waals surface area contributed by atoms with E-state index in [1.807, 2.05) is 0 Å². The monoisotopic (exact) mass is 257 g/mol. The van der Waals surface area contributed by atoms with Crippen molar-refractivity contribution < 1.29 is 4.52 Å². The maximum absolute atomic E-state index is 5.42. The van der Waals surface area contributed by atoms with Gasteiger partial charge in [-0.2, -0.15) is 4.98 Å². The maximum Gasteiger partial charge on any atom is 0.244 e. The van der Waals surface area contributed by atoms with Crippen LogP contribution in [0.15, 0.2) is 23.1 Å². The van der Waals surface area contributed by atoms with E-state index in [4.69, 9.17) is 4.52 Å². The van der Waals surface area contributed by atoms with Gasteiger partial charge < -0.3 is 9.84 Å². The summed E-state index contributed by atoms with van der Waals surface area (Å²) in [5, 5.41) is 7.52. The Kier molecular flexibility index (Phi) is 2.55. The molecule has 2 fully saturated rings. The first kappa shape index (κ1) is 11.0. The smallest absolute Gasteiger partial charge is 0.244 e. The molecular formula is C13H15N5O. The molecule has 0 amide bonds. The zero-order chi connectivity index (χ0) is 12.7. The first-order valence-corrected chi connectivity index (χ1v) is 6.75. The van der Waals surface area contributed by atoms with Crippen molar-refractivity contribution in [3.8, 4) is 11.5 Å². The van der Waals surface area contributed by atoms with Gasteiger partial charge in [0.05, 0.1) is 12.2 Å². The topological polar surface area (TPSA) is 76.7 Å². The highest BCUT2D eigenvalue weighted by Gasteiger charge is 2.42. The number of aromatic nitrogens is 4. The van der Waals surface area contributed by atoms with Crippen LogP contribution in [0.1, 0.15) is 31.2 Å². The van der Waals surface area contributed by atoms with Gasteiger partial charge in [-0.3, -0.25) is 4.98 Å². The first-order chi connectivity index (χ1) is 9.42. The zero-order valence-corrected chi connectivity index (χ0v) is 10.5. The molecule has 1 N–H and O–H groups in total. The van der Waals surface area contributed by atoms with Crippen molar-refractivity contribution in [2.45, 2.75) is 25.3 Å². The van der Waals surface area contributed by atoms with Gasteiger partial charge in [-0.25, -0.2) is 4.98 Å². The van der Waals surface area contributed by atoms with Gasteiger partial charge in [0.15, 0.2) is 0 Å². The van der Waals surface area contributed by atoms with Gasteiger partial charge in [-0.05, 0) is 31.2 Å². The van der Waals surface area contributed by atoms with Crippen LogP contribution in [0.5, 0.6) is 0 Å². The number of hydrogen-bond donors (Lipinski definition) is 1. The van der Waals surface area contributed by atoms with Gasteiger partial charge in [-0.1, -0.05) is 11.6 Å².